The van der Waals surface area contributed by atoms with E-state index in [1.165, 1.54) is 5.56 Å². The number of carbonyl (C=O) groups is 2. The van der Waals surface area contributed by atoms with Crippen LogP contribution in [0, 0.1) is 0 Å². The molecule has 212 valence electrons. The number of anilines is 1. The van der Waals surface area contributed by atoms with Crippen molar-refractivity contribution in [3.05, 3.63) is 106 Å². The Morgan fingerprint density at radius 2 is 1.56 bits per heavy atom. The Labute approximate surface area is 241 Å². The Kier molecular flexibility index (Phi) is 8.15. The average Bonchev–Trinajstić information content (AvgIpc) is 3.00. The number of nitrogens with one attached hydrogen (secondary N) is 2. The molecule has 0 aromatic heterocycles. The van der Waals surface area contributed by atoms with Crippen LogP contribution in [-0.2, 0) is 16.0 Å². The van der Waals surface area contributed by atoms with Gasteiger partial charge in [-0.05, 0) is 66.6 Å². The van der Waals surface area contributed by atoms with Crippen molar-refractivity contribution in [3.63, 3.8) is 0 Å². The Bertz CT molecular complexity index is 1540. The van der Waals surface area contributed by atoms with Gasteiger partial charge in [0, 0.05) is 34.9 Å². The van der Waals surface area contributed by atoms with Crippen LogP contribution in [0.2, 0.25) is 0 Å². The van der Waals surface area contributed by atoms with Gasteiger partial charge in [-0.15, -0.1) is 0 Å². The second-order valence-electron chi connectivity index (χ2n) is 10.4. The molecule has 0 unspecified atom stereocenters. The first-order valence-corrected chi connectivity index (χ1v) is 13.9. The fraction of sp³-hybridized carbons (Fsp3) is 0.294. The molecule has 1 aliphatic carbocycles. The zero-order chi connectivity index (χ0) is 29.1. The quantitative estimate of drug-likeness (QED) is 0.342. The van der Waals surface area contributed by atoms with Crippen LogP contribution in [0.4, 0.5) is 5.69 Å². The monoisotopic (exact) mass is 552 g/mol. The molecule has 2 atom stereocenters. The summed E-state index contributed by atoms with van der Waals surface area (Å²) in [6.45, 7) is 4.01. The number of methoxy groups -OCH3 is 3. The molecular formula is C34H36N2O5. The molecule has 0 radical (unpaired) electrons. The SMILES string of the molecule is CCc1ccc([C@H]2C(C(=O)Nc3ccccc3OC)=C(C)NC3=C2C(=O)C[C@@H](c2ccc(OC)c(OC)c2)C3)cc1. The lowest BCUT2D eigenvalue weighted by atomic mass is 9.71. The summed E-state index contributed by atoms with van der Waals surface area (Å²) >= 11 is 0. The number of aryl methyl sites for hydroxylation is 1. The molecule has 41 heavy (non-hydrogen) atoms. The number of para-hydroxylation sites is 2. The first-order chi connectivity index (χ1) is 19.9. The number of Topliss-reactive ketones (excluding diaryl/α,β-unsaturated/α-hetero) is 1. The Balaban J connectivity index is 1.55. The van der Waals surface area contributed by atoms with Crippen molar-refractivity contribution >= 4 is 17.4 Å². The molecule has 7 nitrogen and oxygen atoms in total. The molecule has 7 heteroatoms. The van der Waals surface area contributed by atoms with Gasteiger partial charge in [-0.2, -0.15) is 0 Å². The summed E-state index contributed by atoms with van der Waals surface area (Å²) < 4.78 is 16.4. The van der Waals surface area contributed by atoms with Gasteiger partial charge in [0.05, 0.1) is 27.0 Å². The Morgan fingerprint density at radius 1 is 0.878 bits per heavy atom. The molecule has 3 aromatic carbocycles. The van der Waals surface area contributed by atoms with E-state index in [0.29, 0.717) is 46.9 Å². The van der Waals surface area contributed by atoms with Crippen molar-refractivity contribution in [3.8, 4) is 17.2 Å². The molecule has 2 aliphatic rings. The number of hydrogen-bond donors (Lipinski definition) is 2. The Hall–Kier alpha value is -4.52. The number of rotatable bonds is 8. The molecule has 1 aliphatic heterocycles. The normalized spacial score (nSPS) is 18.4. The minimum atomic E-state index is -0.495. The van der Waals surface area contributed by atoms with E-state index in [2.05, 4.69) is 29.7 Å². The van der Waals surface area contributed by atoms with Crippen molar-refractivity contribution in [2.45, 2.75) is 44.9 Å². The van der Waals surface area contributed by atoms with Gasteiger partial charge in [0.25, 0.3) is 5.91 Å². The fourth-order valence-electron chi connectivity index (χ4n) is 5.90. The highest BCUT2D eigenvalue weighted by atomic mass is 16.5. The van der Waals surface area contributed by atoms with Crippen molar-refractivity contribution in [2.24, 2.45) is 0 Å². The van der Waals surface area contributed by atoms with Gasteiger partial charge in [-0.1, -0.05) is 49.4 Å². The molecule has 3 aromatic rings. The molecule has 2 N–H and O–H groups in total. The van der Waals surface area contributed by atoms with E-state index >= 15 is 0 Å². The highest BCUT2D eigenvalue weighted by molar-refractivity contribution is 6.10. The van der Waals surface area contributed by atoms with Crippen LogP contribution >= 0.6 is 0 Å². The molecule has 1 amide bonds. The number of carbonyl (C=O) groups excluding carboxylic acids is 2. The first kappa shape index (κ1) is 28.0. The van der Waals surface area contributed by atoms with Crippen LogP contribution < -0.4 is 24.8 Å². The van der Waals surface area contributed by atoms with Crippen LogP contribution in [0.5, 0.6) is 17.2 Å². The summed E-state index contributed by atoms with van der Waals surface area (Å²) in [6.07, 6.45) is 1.88. The van der Waals surface area contributed by atoms with E-state index in [9.17, 15) is 9.59 Å². The van der Waals surface area contributed by atoms with E-state index in [4.69, 9.17) is 14.2 Å². The summed E-state index contributed by atoms with van der Waals surface area (Å²) in [6, 6.07) is 21.3. The van der Waals surface area contributed by atoms with Crippen LogP contribution in [0.1, 0.15) is 55.2 Å². The number of amides is 1. The van der Waals surface area contributed by atoms with Gasteiger partial charge in [0.15, 0.2) is 17.3 Å². The predicted molar refractivity (Wildman–Crippen MR) is 160 cm³/mol. The third kappa shape index (κ3) is 5.44. The zero-order valence-electron chi connectivity index (χ0n) is 24.2. The average molecular weight is 553 g/mol. The smallest absolute Gasteiger partial charge is 0.254 e. The maximum absolute atomic E-state index is 14.0. The van der Waals surface area contributed by atoms with Crippen LogP contribution in [0.25, 0.3) is 0 Å². The summed E-state index contributed by atoms with van der Waals surface area (Å²) in [5, 5.41) is 6.49. The third-order valence-corrected chi connectivity index (χ3v) is 8.03. The van der Waals surface area contributed by atoms with Crippen LogP contribution in [-0.4, -0.2) is 33.0 Å². The zero-order valence-corrected chi connectivity index (χ0v) is 24.2. The molecular weight excluding hydrogens is 516 g/mol. The number of ketones is 1. The fourth-order valence-corrected chi connectivity index (χ4v) is 5.90. The van der Waals surface area contributed by atoms with Gasteiger partial charge in [0.2, 0.25) is 0 Å². The topological polar surface area (TPSA) is 85.9 Å². The number of benzene rings is 3. The molecule has 0 saturated carbocycles. The van der Waals surface area contributed by atoms with Crippen molar-refractivity contribution in [2.75, 3.05) is 26.6 Å². The van der Waals surface area contributed by atoms with Gasteiger partial charge >= 0.3 is 0 Å². The van der Waals surface area contributed by atoms with Gasteiger partial charge in [-0.25, -0.2) is 0 Å². The number of dihydropyridines is 1. The summed E-state index contributed by atoms with van der Waals surface area (Å²) in [7, 11) is 4.79. The Morgan fingerprint density at radius 3 is 2.24 bits per heavy atom. The summed E-state index contributed by atoms with van der Waals surface area (Å²) in [4.78, 5) is 27.9. The minimum absolute atomic E-state index is 0.0261. The molecule has 0 spiro atoms. The number of hydrogen-bond acceptors (Lipinski definition) is 6. The highest BCUT2D eigenvalue weighted by Gasteiger charge is 2.41. The van der Waals surface area contributed by atoms with E-state index in [-0.39, 0.29) is 17.6 Å². The van der Waals surface area contributed by atoms with E-state index < -0.39 is 5.92 Å². The van der Waals surface area contributed by atoms with E-state index in [1.54, 1.807) is 33.5 Å². The third-order valence-electron chi connectivity index (χ3n) is 8.03. The van der Waals surface area contributed by atoms with Gasteiger partial charge in [-0.3, -0.25) is 9.59 Å². The van der Waals surface area contributed by atoms with Gasteiger partial charge < -0.3 is 24.8 Å². The van der Waals surface area contributed by atoms with Crippen molar-refractivity contribution < 1.29 is 23.8 Å². The largest absolute Gasteiger partial charge is 0.495 e. The predicted octanol–water partition coefficient (Wildman–Crippen LogP) is 6.28. The number of allylic oxidation sites excluding steroid dienone is 3. The molecule has 1 heterocycles. The van der Waals surface area contributed by atoms with Gasteiger partial charge in [0.1, 0.15) is 5.75 Å². The van der Waals surface area contributed by atoms with Crippen LogP contribution in [0.15, 0.2) is 89.3 Å². The first-order valence-electron chi connectivity index (χ1n) is 13.9. The number of ether oxygens (including phenoxy) is 3. The van der Waals surface area contributed by atoms with E-state index in [0.717, 1.165) is 28.9 Å². The molecule has 0 bridgehead atoms. The standard InChI is InChI=1S/C34H36N2O5/c1-6-21-11-13-22(14-12-21)32-31(34(38)36-25-9-7-8-10-28(25)39-3)20(2)35-26-17-24(18-27(37)33(26)32)23-15-16-29(40-4)30(19-23)41-5/h7-16,19,24,32,35H,6,17-18H2,1-5H3,(H,36,38)/t24-,32-/m0/s1. The second-order valence-corrected chi connectivity index (χ2v) is 10.4. The minimum Gasteiger partial charge on any atom is -0.495 e. The summed E-state index contributed by atoms with van der Waals surface area (Å²) in [5.74, 6) is 1.07. The maximum atomic E-state index is 14.0. The molecule has 5 rings (SSSR count). The maximum Gasteiger partial charge on any atom is 0.254 e. The van der Waals surface area contributed by atoms with E-state index in [1.807, 2.05) is 49.4 Å². The lowest BCUT2D eigenvalue weighted by Crippen LogP contribution is -2.37. The lowest BCUT2D eigenvalue weighted by Gasteiger charge is -2.37. The molecule has 0 saturated heterocycles. The second kappa shape index (κ2) is 11.9. The lowest BCUT2D eigenvalue weighted by molar-refractivity contribution is -0.116. The molecule has 0 fully saturated rings. The highest BCUT2D eigenvalue weighted by Crippen LogP contribution is 2.46. The van der Waals surface area contributed by atoms with Crippen molar-refractivity contribution in [1.82, 2.24) is 5.32 Å². The van der Waals surface area contributed by atoms with Crippen molar-refractivity contribution in [1.29, 1.82) is 0 Å². The summed E-state index contributed by atoms with van der Waals surface area (Å²) in [5.41, 5.74) is 6.45. The van der Waals surface area contributed by atoms with Crippen LogP contribution in [0.3, 0.4) is 0 Å².